The molecule has 0 amide bonds. The minimum absolute atomic E-state index is 0.0320. The van der Waals surface area contributed by atoms with Gasteiger partial charge in [-0.1, -0.05) is 0 Å². The molecule has 0 spiro atoms. The number of fused-ring (bicyclic) bond motifs is 2. The lowest BCUT2D eigenvalue weighted by Crippen LogP contribution is -2.62. The fourth-order valence-electron chi connectivity index (χ4n) is 7.98. The maximum Gasteiger partial charge on any atom is 0.354 e. The average molecular weight is 368 g/mol. The zero-order valence-corrected chi connectivity index (χ0v) is 15.7. The van der Waals surface area contributed by atoms with Crippen LogP contribution < -0.4 is 5.32 Å². The molecule has 27 heavy (non-hydrogen) atoms. The van der Waals surface area contributed by atoms with Crippen molar-refractivity contribution < 1.29 is 15.0 Å². The van der Waals surface area contributed by atoms with Crippen LogP contribution in [-0.4, -0.2) is 32.3 Å². The van der Waals surface area contributed by atoms with Crippen LogP contribution in [0, 0.1) is 11.8 Å². The molecule has 0 aliphatic heterocycles. The number of aromatic carboxylic acids is 1. The lowest BCUT2D eigenvalue weighted by Gasteiger charge is -2.60. The molecule has 0 aromatic carbocycles. The van der Waals surface area contributed by atoms with Crippen molar-refractivity contribution in [3.05, 3.63) is 23.0 Å². The third-order valence-corrected chi connectivity index (χ3v) is 8.33. The summed E-state index contributed by atoms with van der Waals surface area (Å²) in [6.45, 7) is 0. The molecule has 5 nitrogen and oxygen atoms in total. The molecular weight excluding hydrogens is 340 g/mol. The number of carbonyl (C=O) groups is 1. The SMILES string of the molecule is O=C(O)c1ncc(NC23CC4CC(CC(O)(C4)C2)C3)c2c1C1CCC2CC1. The number of anilines is 1. The molecule has 1 heterocycles. The van der Waals surface area contributed by atoms with E-state index in [0.717, 1.165) is 69.0 Å². The topological polar surface area (TPSA) is 82.5 Å². The van der Waals surface area contributed by atoms with Crippen molar-refractivity contribution in [1.82, 2.24) is 4.98 Å². The van der Waals surface area contributed by atoms with Gasteiger partial charge in [0.05, 0.1) is 17.5 Å². The minimum atomic E-state index is -0.894. The van der Waals surface area contributed by atoms with Gasteiger partial charge in [-0.15, -0.1) is 0 Å². The van der Waals surface area contributed by atoms with Crippen molar-refractivity contribution in [3.63, 3.8) is 0 Å². The van der Waals surface area contributed by atoms with E-state index < -0.39 is 11.6 Å². The highest BCUT2D eigenvalue weighted by Gasteiger charge is 2.57. The van der Waals surface area contributed by atoms with E-state index in [-0.39, 0.29) is 11.2 Å². The van der Waals surface area contributed by atoms with Gasteiger partial charge in [0, 0.05) is 5.54 Å². The zero-order valence-electron chi connectivity index (χ0n) is 15.7. The van der Waals surface area contributed by atoms with Gasteiger partial charge in [0.25, 0.3) is 0 Å². The first-order valence-corrected chi connectivity index (χ1v) is 10.7. The minimum Gasteiger partial charge on any atom is -0.477 e. The van der Waals surface area contributed by atoms with Crippen LogP contribution in [-0.2, 0) is 0 Å². The van der Waals surface area contributed by atoms with Crippen LogP contribution in [0.25, 0.3) is 0 Å². The summed E-state index contributed by atoms with van der Waals surface area (Å²) in [5.41, 5.74) is 3.07. The van der Waals surface area contributed by atoms with Crippen LogP contribution in [0.5, 0.6) is 0 Å². The van der Waals surface area contributed by atoms with E-state index in [0.29, 0.717) is 23.7 Å². The molecule has 5 heteroatoms. The number of rotatable bonds is 3. The molecule has 2 atom stereocenters. The first-order valence-electron chi connectivity index (χ1n) is 10.7. The van der Waals surface area contributed by atoms with Crippen molar-refractivity contribution >= 4 is 11.7 Å². The Morgan fingerprint density at radius 3 is 2.26 bits per heavy atom. The second-order valence-electron chi connectivity index (χ2n) is 10.3. The summed E-state index contributed by atoms with van der Waals surface area (Å²) in [7, 11) is 0. The maximum absolute atomic E-state index is 11.8. The predicted octanol–water partition coefficient (Wildman–Crippen LogP) is 4.03. The molecule has 8 rings (SSSR count). The van der Waals surface area contributed by atoms with Crippen molar-refractivity contribution in [2.24, 2.45) is 11.8 Å². The first-order chi connectivity index (χ1) is 12.9. The number of carboxylic acid groups (broad SMARTS) is 1. The highest BCUT2D eigenvalue weighted by Crippen LogP contribution is 2.59. The quantitative estimate of drug-likeness (QED) is 0.750. The lowest BCUT2D eigenvalue weighted by molar-refractivity contribution is -0.127. The van der Waals surface area contributed by atoms with E-state index in [4.69, 9.17) is 0 Å². The molecule has 0 radical (unpaired) electrons. The van der Waals surface area contributed by atoms with Gasteiger partial charge < -0.3 is 15.5 Å². The third-order valence-electron chi connectivity index (χ3n) is 8.33. The van der Waals surface area contributed by atoms with Gasteiger partial charge in [0.1, 0.15) is 0 Å². The Labute approximate surface area is 159 Å². The Morgan fingerprint density at radius 2 is 1.67 bits per heavy atom. The monoisotopic (exact) mass is 368 g/mol. The molecule has 3 N–H and O–H groups in total. The van der Waals surface area contributed by atoms with Gasteiger partial charge >= 0.3 is 5.97 Å². The van der Waals surface area contributed by atoms with Gasteiger partial charge in [-0.2, -0.15) is 0 Å². The van der Waals surface area contributed by atoms with Gasteiger partial charge in [-0.25, -0.2) is 9.78 Å². The number of aromatic nitrogens is 1. The Kier molecular flexibility index (Phi) is 3.18. The van der Waals surface area contributed by atoms with E-state index in [1.165, 1.54) is 12.0 Å². The summed E-state index contributed by atoms with van der Waals surface area (Å²) in [5, 5.41) is 24.6. The normalized spacial score (nSPS) is 43.6. The molecular formula is C22H28N2O3. The smallest absolute Gasteiger partial charge is 0.354 e. The fraction of sp³-hybridized carbons (Fsp3) is 0.727. The number of aliphatic hydroxyl groups is 1. The number of pyridine rings is 1. The number of nitrogens with one attached hydrogen (secondary N) is 1. The van der Waals surface area contributed by atoms with Gasteiger partial charge in [-0.05, 0) is 99.0 Å². The van der Waals surface area contributed by atoms with Crippen LogP contribution in [0.1, 0.15) is 97.7 Å². The summed E-state index contributed by atoms with van der Waals surface area (Å²) in [6, 6.07) is 0. The number of nitrogens with zero attached hydrogens (tertiary/aromatic N) is 1. The highest BCUT2D eigenvalue weighted by atomic mass is 16.4. The standard InChI is InChI=1S/C22H28N2O3/c25-20(26)19-18-15-3-1-14(2-4-15)17(18)16(10-23-19)24-21-6-12-5-13(7-21)9-22(27,8-12)11-21/h10,12-15,24,27H,1-9,11H2,(H,25,26). The van der Waals surface area contributed by atoms with Gasteiger partial charge in [0.15, 0.2) is 5.69 Å². The van der Waals surface area contributed by atoms with Crippen molar-refractivity contribution in [3.8, 4) is 0 Å². The lowest BCUT2D eigenvalue weighted by atomic mass is 9.51. The summed E-state index contributed by atoms with van der Waals surface area (Å²) in [5.74, 6) is 1.18. The average Bonchev–Trinajstić information content (AvgIpc) is 2.60. The largest absolute Gasteiger partial charge is 0.477 e. The molecule has 7 aliphatic carbocycles. The molecule has 1 aromatic heterocycles. The van der Waals surface area contributed by atoms with E-state index in [1.54, 1.807) is 6.20 Å². The zero-order chi connectivity index (χ0) is 18.4. The maximum atomic E-state index is 11.8. The van der Waals surface area contributed by atoms with E-state index in [9.17, 15) is 15.0 Å². The van der Waals surface area contributed by atoms with Crippen LogP contribution in [0.3, 0.4) is 0 Å². The van der Waals surface area contributed by atoms with Gasteiger partial charge in [-0.3, -0.25) is 0 Å². The van der Waals surface area contributed by atoms with Crippen molar-refractivity contribution in [2.75, 3.05) is 5.32 Å². The van der Waals surface area contributed by atoms with Crippen molar-refractivity contribution in [2.45, 2.75) is 87.2 Å². The van der Waals surface area contributed by atoms with Gasteiger partial charge in [0.2, 0.25) is 0 Å². The molecule has 7 aliphatic rings. The fourth-order valence-corrected chi connectivity index (χ4v) is 7.98. The number of carboxylic acids is 1. The second kappa shape index (κ2) is 5.25. The highest BCUT2D eigenvalue weighted by molar-refractivity contribution is 5.89. The summed E-state index contributed by atoms with van der Waals surface area (Å²) >= 11 is 0. The van der Waals surface area contributed by atoms with E-state index in [1.807, 2.05) is 0 Å². The molecule has 6 bridgehead atoms. The summed E-state index contributed by atoms with van der Waals surface area (Å²) < 4.78 is 0. The van der Waals surface area contributed by atoms with E-state index in [2.05, 4.69) is 10.3 Å². The molecule has 144 valence electrons. The molecule has 2 unspecified atom stereocenters. The van der Waals surface area contributed by atoms with Crippen LogP contribution in [0.2, 0.25) is 0 Å². The molecule has 5 fully saturated rings. The van der Waals surface area contributed by atoms with E-state index >= 15 is 0 Å². The Hall–Kier alpha value is -1.62. The summed E-state index contributed by atoms with van der Waals surface area (Å²) in [4.78, 5) is 16.2. The van der Waals surface area contributed by atoms with Crippen LogP contribution in [0.15, 0.2) is 6.20 Å². The molecule has 1 aromatic rings. The third kappa shape index (κ3) is 2.33. The molecule has 0 saturated heterocycles. The first kappa shape index (κ1) is 16.3. The second-order valence-corrected chi connectivity index (χ2v) is 10.3. The number of hydrogen-bond donors (Lipinski definition) is 3. The Morgan fingerprint density at radius 1 is 1.04 bits per heavy atom. The predicted molar refractivity (Wildman–Crippen MR) is 101 cm³/mol. The van der Waals surface area contributed by atoms with Crippen LogP contribution >= 0.6 is 0 Å². The summed E-state index contributed by atoms with van der Waals surface area (Å²) in [6.07, 6.45) is 12.6. The van der Waals surface area contributed by atoms with Crippen LogP contribution in [0.4, 0.5) is 5.69 Å². The Bertz CT molecular complexity index is 813. The van der Waals surface area contributed by atoms with Crippen molar-refractivity contribution in [1.29, 1.82) is 0 Å². The Balaban J connectivity index is 1.43. The number of hydrogen-bond acceptors (Lipinski definition) is 4. The molecule has 5 saturated carbocycles.